The van der Waals surface area contributed by atoms with Crippen LogP contribution in [0.15, 0.2) is 18.2 Å². The Hall–Kier alpha value is -0.820. The van der Waals surface area contributed by atoms with Crippen LogP contribution in [0.4, 0.5) is 0 Å². The van der Waals surface area contributed by atoms with Crippen LogP contribution < -0.4 is 0 Å². The number of hydrogen-bond acceptors (Lipinski definition) is 1. The van der Waals surface area contributed by atoms with Crippen molar-refractivity contribution < 1.29 is 4.79 Å². The third-order valence-corrected chi connectivity index (χ3v) is 2.15. The molecule has 0 bridgehead atoms. The van der Waals surface area contributed by atoms with Crippen molar-refractivity contribution in [2.75, 3.05) is 0 Å². The molecule has 0 aromatic heterocycles. The summed E-state index contributed by atoms with van der Waals surface area (Å²) in [7, 11) is 0. The Bertz CT molecular complexity index is 305. The first-order chi connectivity index (χ1) is 5.66. The Balaban J connectivity index is 3.29. The van der Waals surface area contributed by atoms with Gasteiger partial charge in [-0.2, -0.15) is 0 Å². The van der Waals surface area contributed by atoms with Gasteiger partial charge in [0.15, 0.2) is 5.78 Å². The minimum atomic E-state index is 0.0393. The molecule has 0 saturated heterocycles. The van der Waals surface area contributed by atoms with Crippen molar-refractivity contribution in [1.82, 2.24) is 0 Å². The zero-order valence-corrected chi connectivity index (χ0v) is 7.98. The molecule has 0 heterocycles. The highest BCUT2D eigenvalue weighted by molar-refractivity contribution is 6.34. The number of carbonyl (C=O) groups is 1. The quantitative estimate of drug-likeness (QED) is 0.643. The van der Waals surface area contributed by atoms with E-state index in [-0.39, 0.29) is 5.78 Å². The third-order valence-electron chi connectivity index (χ3n) is 1.83. The van der Waals surface area contributed by atoms with Crippen molar-refractivity contribution in [1.29, 1.82) is 0 Å². The van der Waals surface area contributed by atoms with Crippen molar-refractivity contribution in [3.05, 3.63) is 34.3 Å². The lowest BCUT2D eigenvalue weighted by Crippen LogP contribution is -1.99. The van der Waals surface area contributed by atoms with Crippen molar-refractivity contribution in [3.63, 3.8) is 0 Å². The van der Waals surface area contributed by atoms with Gasteiger partial charge in [0.05, 0.1) is 5.02 Å². The Morgan fingerprint density at radius 1 is 1.50 bits per heavy atom. The van der Waals surface area contributed by atoms with Crippen LogP contribution in [-0.2, 0) is 6.42 Å². The molecule has 0 saturated carbocycles. The molecule has 0 N–H and O–H groups in total. The first-order valence-electron chi connectivity index (χ1n) is 3.95. The van der Waals surface area contributed by atoms with E-state index >= 15 is 0 Å². The van der Waals surface area contributed by atoms with E-state index < -0.39 is 0 Å². The molecule has 0 unspecified atom stereocenters. The van der Waals surface area contributed by atoms with Gasteiger partial charge in [-0.05, 0) is 25.0 Å². The summed E-state index contributed by atoms with van der Waals surface area (Å²) in [5, 5.41) is 0.557. The average molecular weight is 183 g/mol. The predicted molar refractivity (Wildman–Crippen MR) is 50.8 cm³/mol. The van der Waals surface area contributed by atoms with E-state index in [9.17, 15) is 4.79 Å². The van der Waals surface area contributed by atoms with E-state index in [4.69, 9.17) is 11.6 Å². The van der Waals surface area contributed by atoms with Crippen LogP contribution in [0.1, 0.15) is 29.8 Å². The molecule has 0 aliphatic carbocycles. The minimum Gasteiger partial charge on any atom is -0.294 e. The van der Waals surface area contributed by atoms with E-state index in [0.717, 1.165) is 12.0 Å². The fourth-order valence-electron chi connectivity index (χ4n) is 1.26. The summed E-state index contributed by atoms with van der Waals surface area (Å²) in [6.45, 7) is 3.55. The van der Waals surface area contributed by atoms with Gasteiger partial charge in [0.1, 0.15) is 0 Å². The van der Waals surface area contributed by atoms with E-state index in [2.05, 4.69) is 0 Å². The molecule has 1 aromatic rings. The van der Waals surface area contributed by atoms with Crippen LogP contribution in [0.5, 0.6) is 0 Å². The fourth-order valence-corrected chi connectivity index (χ4v) is 1.58. The van der Waals surface area contributed by atoms with Gasteiger partial charge in [0.25, 0.3) is 0 Å². The van der Waals surface area contributed by atoms with E-state index in [1.807, 2.05) is 19.1 Å². The molecule has 0 fully saturated rings. The van der Waals surface area contributed by atoms with E-state index in [1.165, 1.54) is 0 Å². The van der Waals surface area contributed by atoms with Crippen molar-refractivity contribution in [2.24, 2.45) is 0 Å². The predicted octanol–water partition coefficient (Wildman–Crippen LogP) is 3.11. The fraction of sp³-hybridized carbons (Fsp3) is 0.300. The van der Waals surface area contributed by atoms with Gasteiger partial charge in [0.2, 0.25) is 0 Å². The van der Waals surface area contributed by atoms with Gasteiger partial charge in [-0.1, -0.05) is 30.7 Å². The Morgan fingerprint density at radius 2 is 2.17 bits per heavy atom. The molecule has 12 heavy (non-hydrogen) atoms. The maximum absolute atomic E-state index is 11.2. The number of Topliss-reactive ketones (excluding diaryl/α,β-unsaturated/α-hetero) is 1. The second-order valence-corrected chi connectivity index (χ2v) is 3.09. The monoisotopic (exact) mass is 182 g/mol. The number of hydrogen-bond donors (Lipinski definition) is 0. The first kappa shape index (κ1) is 9.27. The lowest BCUT2D eigenvalue weighted by atomic mass is 10.0. The van der Waals surface area contributed by atoms with Crippen LogP contribution >= 0.6 is 11.6 Å². The number of benzene rings is 1. The lowest BCUT2D eigenvalue weighted by Gasteiger charge is -2.05. The average Bonchev–Trinajstić information content (AvgIpc) is 2.03. The number of carbonyl (C=O) groups excluding carboxylic acids is 1. The SMILES string of the molecule is CCc1cccc(Cl)c1C(C)=O. The second kappa shape index (κ2) is 3.72. The standard InChI is InChI=1S/C10H11ClO/c1-3-8-5-4-6-9(11)10(8)7(2)12/h4-6H,3H2,1-2H3. The third kappa shape index (κ3) is 1.67. The first-order valence-corrected chi connectivity index (χ1v) is 4.33. The zero-order valence-electron chi connectivity index (χ0n) is 7.23. The zero-order chi connectivity index (χ0) is 9.14. The summed E-state index contributed by atoms with van der Waals surface area (Å²) in [5.41, 5.74) is 1.69. The maximum atomic E-state index is 11.2. The molecule has 0 amide bonds. The van der Waals surface area contributed by atoms with Gasteiger partial charge in [-0.15, -0.1) is 0 Å². The Labute approximate surface area is 77.4 Å². The van der Waals surface area contributed by atoms with E-state index in [1.54, 1.807) is 13.0 Å². The molecule has 1 nitrogen and oxygen atoms in total. The topological polar surface area (TPSA) is 17.1 Å². The number of rotatable bonds is 2. The van der Waals surface area contributed by atoms with Crippen molar-refractivity contribution in [3.8, 4) is 0 Å². The lowest BCUT2D eigenvalue weighted by molar-refractivity contribution is 0.101. The highest BCUT2D eigenvalue weighted by Gasteiger charge is 2.08. The Kier molecular flexibility index (Phi) is 2.88. The van der Waals surface area contributed by atoms with Gasteiger partial charge >= 0.3 is 0 Å². The van der Waals surface area contributed by atoms with Gasteiger partial charge in [-0.3, -0.25) is 4.79 Å². The van der Waals surface area contributed by atoms with Crippen LogP contribution in [0.3, 0.4) is 0 Å². The normalized spacial score (nSPS) is 9.92. The van der Waals surface area contributed by atoms with Crippen molar-refractivity contribution in [2.45, 2.75) is 20.3 Å². The summed E-state index contributed by atoms with van der Waals surface area (Å²) < 4.78 is 0. The van der Waals surface area contributed by atoms with Crippen LogP contribution in [-0.4, -0.2) is 5.78 Å². The maximum Gasteiger partial charge on any atom is 0.161 e. The van der Waals surface area contributed by atoms with Gasteiger partial charge in [-0.25, -0.2) is 0 Å². The van der Waals surface area contributed by atoms with Gasteiger partial charge in [0, 0.05) is 5.56 Å². The largest absolute Gasteiger partial charge is 0.294 e. The van der Waals surface area contributed by atoms with Gasteiger partial charge < -0.3 is 0 Å². The summed E-state index contributed by atoms with van der Waals surface area (Å²) in [5.74, 6) is 0.0393. The molecule has 0 spiro atoms. The van der Waals surface area contributed by atoms with Crippen LogP contribution in [0, 0.1) is 0 Å². The number of aryl methyl sites for hydroxylation is 1. The molecule has 1 rings (SSSR count). The molecule has 0 atom stereocenters. The minimum absolute atomic E-state index is 0.0393. The number of ketones is 1. The summed E-state index contributed by atoms with van der Waals surface area (Å²) in [6.07, 6.45) is 0.843. The molecule has 0 aliphatic rings. The highest BCUT2D eigenvalue weighted by atomic mass is 35.5. The molecular formula is C10H11ClO. The summed E-state index contributed by atoms with van der Waals surface area (Å²) in [6, 6.07) is 5.55. The van der Waals surface area contributed by atoms with E-state index in [0.29, 0.717) is 10.6 Å². The molecule has 1 aromatic carbocycles. The molecular weight excluding hydrogens is 172 g/mol. The molecule has 0 radical (unpaired) electrons. The molecule has 0 aliphatic heterocycles. The second-order valence-electron chi connectivity index (χ2n) is 2.68. The Morgan fingerprint density at radius 3 is 2.58 bits per heavy atom. The summed E-state index contributed by atoms with van der Waals surface area (Å²) in [4.78, 5) is 11.2. The van der Waals surface area contributed by atoms with Crippen LogP contribution in [0.2, 0.25) is 5.02 Å². The molecule has 2 heteroatoms. The van der Waals surface area contributed by atoms with Crippen molar-refractivity contribution >= 4 is 17.4 Å². The molecule has 64 valence electrons. The highest BCUT2D eigenvalue weighted by Crippen LogP contribution is 2.20. The van der Waals surface area contributed by atoms with Crippen LogP contribution in [0.25, 0.3) is 0 Å². The number of halogens is 1. The smallest absolute Gasteiger partial charge is 0.161 e. The summed E-state index contributed by atoms with van der Waals surface area (Å²) >= 11 is 5.88.